The van der Waals surface area contributed by atoms with Crippen molar-refractivity contribution in [3.8, 4) is 0 Å². The number of hydrogen-bond acceptors (Lipinski definition) is 4. The first kappa shape index (κ1) is 19.2. The van der Waals surface area contributed by atoms with E-state index in [2.05, 4.69) is 63.2 Å². The summed E-state index contributed by atoms with van der Waals surface area (Å²) in [5, 5.41) is 3.13. The Kier molecular flexibility index (Phi) is 6.65. The van der Waals surface area contributed by atoms with Gasteiger partial charge in [0.05, 0.1) is 6.54 Å². The molecule has 0 spiro atoms. The number of piperazine rings is 1. The van der Waals surface area contributed by atoms with Gasteiger partial charge in [0.1, 0.15) is 5.82 Å². The molecule has 1 aliphatic rings. The summed E-state index contributed by atoms with van der Waals surface area (Å²) in [6.45, 7) is 10.3. The first-order chi connectivity index (χ1) is 13.2. The van der Waals surface area contributed by atoms with Gasteiger partial charge in [-0.25, -0.2) is 9.98 Å². The number of aliphatic imine (C=N–C) groups is 1. The van der Waals surface area contributed by atoms with Crippen molar-refractivity contribution < 1.29 is 0 Å². The van der Waals surface area contributed by atoms with Crippen LogP contribution < -0.4 is 16.0 Å². The molecule has 0 bridgehead atoms. The van der Waals surface area contributed by atoms with Gasteiger partial charge in [-0.2, -0.15) is 0 Å². The molecule has 0 unspecified atom stereocenters. The summed E-state index contributed by atoms with van der Waals surface area (Å²) < 4.78 is 0. The van der Waals surface area contributed by atoms with Crippen LogP contribution in [0.5, 0.6) is 0 Å². The number of benzene rings is 1. The molecule has 0 aliphatic carbocycles. The minimum atomic E-state index is 0.416. The Morgan fingerprint density at radius 2 is 1.74 bits per heavy atom. The van der Waals surface area contributed by atoms with Gasteiger partial charge < -0.3 is 20.9 Å². The molecule has 0 radical (unpaired) electrons. The lowest BCUT2D eigenvalue weighted by Gasteiger charge is -2.34. The lowest BCUT2D eigenvalue weighted by Crippen LogP contribution is -2.46. The Bertz CT molecular complexity index is 730. The number of aryl methyl sites for hydroxylation is 1. The van der Waals surface area contributed by atoms with Crippen LogP contribution in [0.4, 0.5) is 11.5 Å². The number of guanidine groups is 1. The quantitative estimate of drug-likeness (QED) is 0.608. The van der Waals surface area contributed by atoms with Crippen LogP contribution in [0.25, 0.3) is 0 Å². The van der Waals surface area contributed by atoms with Crippen molar-refractivity contribution in [1.29, 1.82) is 0 Å². The van der Waals surface area contributed by atoms with Crippen LogP contribution >= 0.6 is 0 Å². The summed E-state index contributed by atoms with van der Waals surface area (Å²) in [5.41, 5.74) is 9.31. The van der Waals surface area contributed by atoms with E-state index in [0.29, 0.717) is 12.5 Å². The molecular formula is C21H30N6. The van der Waals surface area contributed by atoms with E-state index in [1.165, 1.54) is 5.56 Å². The third kappa shape index (κ3) is 5.44. The topological polar surface area (TPSA) is 69.8 Å². The third-order valence-electron chi connectivity index (χ3n) is 5.02. The number of aromatic nitrogens is 1. The van der Waals surface area contributed by atoms with E-state index < -0.39 is 0 Å². The number of nitrogens with one attached hydrogen (secondary N) is 1. The zero-order valence-corrected chi connectivity index (χ0v) is 16.4. The van der Waals surface area contributed by atoms with E-state index in [-0.39, 0.29) is 0 Å². The molecule has 3 N–H and O–H groups in total. The summed E-state index contributed by atoms with van der Waals surface area (Å²) in [6.07, 6.45) is 2.93. The van der Waals surface area contributed by atoms with Crippen molar-refractivity contribution in [1.82, 2.24) is 9.88 Å². The molecular weight excluding hydrogens is 336 g/mol. The molecule has 27 heavy (non-hydrogen) atoms. The molecule has 3 rings (SSSR count). The molecule has 144 valence electrons. The predicted molar refractivity (Wildman–Crippen MR) is 113 cm³/mol. The lowest BCUT2D eigenvalue weighted by molar-refractivity contribution is 0.270. The second-order valence-corrected chi connectivity index (χ2v) is 6.82. The van der Waals surface area contributed by atoms with Gasteiger partial charge in [0.25, 0.3) is 0 Å². The van der Waals surface area contributed by atoms with Gasteiger partial charge in [0.2, 0.25) is 0 Å². The van der Waals surface area contributed by atoms with Crippen molar-refractivity contribution >= 4 is 17.5 Å². The van der Waals surface area contributed by atoms with Crippen LogP contribution in [0.15, 0.2) is 47.6 Å². The van der Waals surface area contributed by atoms with Crippen LogP contribution in [0.3, 0.4) is 0 Å². The van der Waals surface area contributed by atoms with Gasteiger partial charge in [-0.1, -0.05) is 32.0 Å². The maximum atomic E-state index is 6.00. The highest BCUT2D eigenvalue weighted by molar-refractivity contribution is 5.92. The molecule has 1 saturated heterocycles. The van der Waals surface area contributed by atoms with Gasteiger partial charge in [0, 0.05) is 38.1 Å². The van der Waals surface area contributed by atoms with Gasteiger partial charge in [0.15, 0.2) is 5.96 Å². The average molecular weight is 367 g/mol. The highest BCUT2D eigenvalue weighted by Gasteiger charge is 2.16. The fourth-order valence-electron chi connectivity index (χ4n) is 3.18. The SMILES string of the molecule is CCc1ccc(NC(N)=NCc2ccc(N3CCN(CC)CC3)nc2)cc1. The highest BCUT2D eigenvalue weighted by Crippen LogP contribution is 2.15. The van der Waals surface area contributed by atoms with E-state index in [9.17, 15) is 0 Å². The molecule has 2 heterocycles. The van der Waals surface area contributed by atoms with Gasteiger partial charge in [-0.05, 0) is 42.3 Å². The molecule has 1 aromatic heterocycles. The Morgan fingerprint density at radius 3 is 2.33 bits per heavy atom. The predicted octanol–water partition coefficient (Wildman–Crippen LogP) is 2.71. The zero-order chi connectivity index (χ0) is 19.1. The van der Waals surface area contributed by atoms with Crippen molar-refractivity contribution in [2.45, 2.75) is 26.8 Å². The van der Waals surface area contributed by atoms with Crippen LogP contribution in [0.1, 0.15) is 25.0 Å². The smallest absolute Gasteiger partial charge is 0.193 e. The monoisotopic (exact) mass is 366 g/mol. The largest absolute Gasteiger partial charge is 0.370 e. The summed E-state index contributed by atoms with van der Waals surface area (Å²) in [5.74, 6) is 1.46. The van der Waals surface area contributed by atoms with Crippen LogP contribution in [0, 0.1) is 0 Å². The van der Waals surface area contributed by atoms with E-state index >= 15 is 0 Å². The van der Waals surface area contributed by atoms with Gasteiger partial charge in [-0.3, -0.25) is 0 Å². The number of anilines is 2. The second-order valence-electron chi connectivity index (χ2n) is 6.82. The summed E-state index contributed by atoms with van der Waals surface area (Å²) in [7, 11) is 0. The summed E-state index contributed by atoms with van der Waals surface area (Å²) in [6, 6.07) is 12.4. The van der Waals surface area contributed by atoms with E-state index in [1.54, 1.807) is 0 Å². The number of hydrogen-bond donors (Lipinski definition) is 2. The van der Waals surface area contributed by atoms with Crippen molar-refractivity contribution in [2.75, 3.05) is 42.9 Å². The van der Waals surface area contributed by atoms with E-state index in [0.717, 1.165) is 56.2 Å². The fraction of sp³-hybridized carbons (Fsp3) is 0.429. The molecule has 6 heteroatoms. The summed E-state index contributed by atoms with van der Waals surface area (Å²) in [4.78, 5) is 13.8. The standard InChI is InChI=1S/C21H30N6/c1-3-17-5-8-19(9-6-17)25-21(22)24-16-18-7-10-20(23-15-18)27-13-11-26(4-2)12-14-27/h5-10,15H,3-4,11-14,16H2,1-2H3,(H3,22,24,25). The molecule has 1 fully saturated rings. The minimum absolute atomic E-state index is 0.416. The number of rotatable bonds is 6. The zero-order valence-electron chi connectivity index (χ0n) is 16.4. The number of pyridine rings is 1. The number of nitrogens with zero attached hydrogens (tertiary/aromatic N) is 4. The van der Waals surface area contributed by atoms with E-state index in [4.69, 9.17) is 5.73 Å². The van der Waals surface area contributed by atoms with Gasteiger partial charge in [-0.15, -0.1) is 0 Å². The highest BCUT2D eigenvalue weighted by atomic mass is 15.3. The van der Waals surface area contributed by atoms with Gasteiger partial charge >= 0.3 is 0 Å². The number of nitrogens with two attached hydrogens (primary N) is 1. The van der Waals surface area contributed by atoms with Crippen LogP contribution in [-0.4, -0.2) is 48.6 Å². The molecule has 0 amide bonds. The lowest BCUT2D eigenvalue weighted by atomic mass is 10.1. The molecule has 1 aromatic carbocycles. The Morgan fingerprint density at radius 1 is 1.04 bits per heavy atom. The van der Waals surface area contributed by atoms with Crippen LogP contribution in [0.2, 0.25) is 0 Å². The Balaban J connectivity index is 1.52. The van der Waals surface area contributed by atoms with Crippen LogP contribution in [-0.2, 0) is 13.0 Å². The van der Waals surface area contributed by atoms with E-state index in [1.807, 2.05) is 18.3 Å². The maximum Gasteiger partial charge on any atom is 0.193 e. The molecule has 1 aliphatic heterocycles. The fourth-order valence-corrected chi connectivity index (χ4v) is 3.18. The maximum absolute atomic E-state index is 6.00. The normalized spacial score (nSPS) is 15.8. The first-order valence-corrected chi connectivity index (χ1v) is 9.76. The molecule has 0 atom stereocenters. The molecule has 2 aromatic rings. The first-order valence-electron chi connectivity index (χ1n) is 9.76. The number of likely N-dealkylation sites (N-methyl/N-ethyl adjacent to an activating group) is 1. The van der Waals surface area contributed by atoms with Crippen molar-refractivity contribution in [3.05, 3.63) is 53.7 Å². The Labute approximate surface area is 162 Å². The Hall–Kier alpha value is -2.60. The second kappa shape index (κ2) is 9.37. The third-order valence-corrected chi connectivity index (χ3v) is 5.02. The molecule has 6 nitrogen and oxygen atoms in total. The van der Waals surface area contributed by atoms with Crippen molar-refractivity contribution in [3.63, 3.8) is 0 Å². The summed E-state index contributed by atoms with van der Waals surface area (Å²) >= 11 is 0. The molecule has 0 saturated carbocycles. The average Bonchev–Trinajstić information content (AvgIpc) is 2.73. The van der Waals surface area contributed by atoms with Crippen molar-refractivity contribution in [2.24, 2.45) is 10.7 Å². The minimum Gasteiger partial charge on any atom is -0.370 e.